The highest BCUT2D eigenvalue weighted by Crippen LogP contribution is 2.34. The number of hydrogen-bond donors (Lipinski definition) is 0. The minimum Gasteiger partial charge on any atom is -0.371 e. The number of aryl methyl sites for hydroxylation is 1. The summed E-state index contributed by atoms with van der Waals surface area (Å²) in [5.74, 6) is 0.309. The zero-order valence-electron chi connectivity index (χ0n) is 13.8. The lowest BCUT2D eigenvalue weighted by Crippen LogP contribution is -2.45. The van der Waals surface area contributed by atoms with Crippen LogP contribution in [0.15, 0.2) is 6.33 Å². The number of rotatable bonds is 5. The molecule has 0 radical (unpaired) electrons. The fourth-order valence-corrected chi connectivity index (χ4v) is 3.34. The van der Waals surface area contributed by atoms with Gasteiger partial charge in [0.1, 0.15) is 6.61 Å². The summed E-state index contributed by atoms with van der Waals surface area (Å²) in [6, 6.07) is 0.709. The minimum absolute atomic E-state index is 0.0110. The third-order valence-electron chi connectivity index (χ3n) is 4.89. The molecule has 122 valence electrons. The molecule has 1 aliphatic heterocycles. The van der Waals surface area contributed by atoms with Crippen LogP contribution in [0.1, 0.15) is 36.6 Å². The number of aromatic nitrogens is 2. The first-order chi connectivity index (χ1) is 10.6. The number of imidazole rings is 1. The maximum atomic E-state index is 11.6. The van der Waals surface area contributed by atoms with Crippen LogP contribution in [0.5, 0.6) is 0 Å². The van der Waals surface area contributed by atoms with Crippen molar-refractivity contribution in [1.82, 2.24) is 19.4 Å². The van der Waals surface area contributed by atoms with Gasteiger partial charge < -0.3 is 14.2 Å². The quantitative estimate of drug-likeness (QED) is 0.813. The molecule has 2 heterocycles. The second kappa shape index (κ2) is 6.38. The van der Waals surface area contributed by atoms with Gasteiger partial charge in [0.15, 0.2) is 0 Å². The highest BCUT2D eigenvalue weighted by Gasteiger charge is 2.34. The van der Waals surface area contributed by atoms with E-state index in [1.807, 2.05) is 13.4 Å². The van der Waals surface area contributed by atoms with Crippen LogP contribution < -0.4 is 0 Å². The smallest absolute Gasteiger partial charge is 0.248 e. The molecular formula is C16H26N4O2. The van der Waals surface area contributed by atoms with Gasteiger partial charge in [-0.2, -0.15) is 0 Å². The van der Waals surface area contributed by atoms with E-state index in [1.54, 1.807) is 19.0 Å². The Balaban J connectivity index is 1.65. The Hall–Kier alpha value is -1.40. The summed E-state index contributed by atoms with van der Waals surface area (Å²) in [6.45, 7) is 2.69. The SMILES string of the molecule is CN(C)C(=O)COC[C@@H]1CN(C2CCC2)Cc2ncn(C)c21. The molecule has 3 rings (SSSR count). The van der Waals surface area contributed by atoms with Crippen molar-refractivity contribution in [2.45, 2.75) is 37.8 Å². The van der Waals surface area contributed by atoms with Crippen molar-refractivity contribution in [2.75, 3.05) is 33.9 Å². The summed E-state index contributed by atoms with van der Waals surface area (Å²) in [5, 5.41) is 0. The van der Waals surface area contributed by atoms with Gasteiger partial charge in [0.05, 0.1) is 18.6 Å². The maximum Gasteiger partial charge on any atom is 0.248 e. The predicted octanol–water partition coefficient (Wildman–Crippen LogP) is 0.977. The van der Waals surface area contributed by atoms with Gasteiger partial charge >= 0.3 is 0 Å². The molecule has 1 atom stereocenters. The number of nitrogens with zero attached hydrogens (tertiary/aromatic N) is 4. The van der Waals surface area contributed by atoms with E-state index in [1.165, 1.54) is 30.7 Å². The summed E-state index contributed by atoms with van der Waals surface area (Å²) in [6.07, 6.45) is 5.84. The van der Waals surface area contributed by atoms with Gasteiger partial charge in [0.2, 0.25) is 5.91 Å². The van der Waals surface area contributed by atoms with Gasteiger partial charge in [-0.15, -0.1) is 0 Å². The lowest BCUT2D eigenvalue weighted by Gasteiger charge is -2.42. The van der Waals surface area contributed by atoms with Crippen molar-refractivity contribution < 1.29 is 9.53 Å². The first-order valence-electron chi connectivity index (χ1n) is 8.08. The van der Waals surface area contributed by atoms with E-state index in [9.17, 15) is 4.79 Å². The van der Waals surface area contributed by atoms with Crippen LogP contribution in [0.3, 0.4) is 0 Å². The molecule has 0 spiro atoms. The van der Waals surface area contributed by atoms with Gasteiger partial charge in [-0.05, 0) is 12.8 Å². The second-order valence-corrected chi connectivity index (χ2v) is 6.70. The third kappa shape index (κ3) is 3.03. The van der Waals surface area contributed by atoms with Gasteiger partial charge in [-0.1, -0.05) is 6.42 Å². The average Bonchev–Trinajstić information content (AvgIpc) is 2.78. The first kappa shape index (κ1) is 15.5. The van der Waals surface area contributed by atoms with Crippen LogP contribution in [0.25, 0.3) is 0 Å². The molecule has 1 fully saturated rings. The number of carbonyl (C=O) groups excluding carboxylic acids is 1. The van der Waals surface area contributed by atoms with Crippen molar-refractivity contribution in [1.29, 1.82) is 0 Å². The van der Waals surface area contributed by atoms with Crippen LogP contribution in [0, 0.1) is 0 Å². The molecule has 0 N–H and O–H groups in total. The predicted molar refractivity (Wildman–Crippen MR) is 83.5 cm³/mol. The van der Waals surface area contributed by atoms with Crippen molar-refractivity contribution in [3.63, 3.8) is 0 Å². The van der Waals surface area contributed by atoms with Gasteiger partial charge in [0.25, 0.3) is 0 Å². The molecule has 6 heteroatoms. The van der Waals surface area contributed by atoms with E-state index in [0.717, 1.165) is 13.1 Å². The Morgan fingerprint density at radius 3 is 2.86 bits per heavy atom. The molecule has 22 heavy (non-hydrogen) atoms. The Bertz CT molecular complexity index is 536. The molecule has 0 unspecified atom stereocenters. The third-order valence-corrected chi connectivity index (χ3v) is 4.89. The molecule has 1 aliphatic carbocycles. The monoisotopic (exact) mass is 306 g/mol. The van der Waals surface area contributed by atoms with Crippen LogP contribution >= 0.6 is 0 Å². The fourth-order valence-electron chi connectivity index (χ4n) is 3.34. The Labute approximate surface area is 132 Å². The molecular weight excluding hydrogens is 280 g/mol. The standard InChI is InChI=1S/C16H26N4O2/c1-18(2)15(21)10-22-9-12-7-20(13-5-4-6-13)8-14-16(12)19(3)11-17-14/h11-13H,4-10H2,1-3H3/t12-/m0/s1. The Morgan fingerprint density at radius 2 is 2.23 bits per heavy atom. The largest absolute Gasteiger partial charge is 0.371 e. The first-order valence-corrected chi connectivity index (χ1v) is 8.08. The summed E-state index contributed by atoms with van der Waals surface area (Å²) in [7, 11) is 5.55. The van der Waals surface area contributed by atoms with Crippen LogP contribution in [0.2, 0.25) is 0 Å². The molecule has 0 aromatic carbocycles. The van der Waals surface area contributed by atoms with Crippen LogP contribution in [0.4, 0.5) is 0 Å². The van der Waals surface area contributed by atoms with Crippen LogP contribution in [-0.2, 0) is 23.1 Å². The summed E-state index contributed by atoms with van der Waals surface area (Å²) in [5.41, 5.74) is 2.45. The molecule has 1 aromatic rings. The average molecular weight is 306 g/mol. The lowest BCUT2D eigenvalue weighted by atomic mass is 9.88. The van der Waals surface area contributed by atoms with E-state index >= 15 is 0 Å². The molecule has 1 amide bonds. The molecule has 2 aliphatic rings. The van der Waals surface area contributed by atoms with Crippen molar-refractivity contribution in [3.8, 4) is 0 Å². The normalized spacial score (nSPS) is 22.2. The number of fused-ring (bicyclic) bond motifs is 1. The summed E-state index contributed by atoms with van der Waals surface area (Å²) in [4.78, 5) is 20.3. The maximum absolute atomic E-state index is 11.6. The molecule has 0 bridgehead atoms. The fraction of sp³-hybridized carbons (Fsp3) is 0.750. The van der Waals surface area contributed by atoms with Crippen molar-refractivity contribution >= 4 is 5.91 Å². The molecule has 0 saturated heterocycles. The molecule has 6 nitrogen and oxygen atoms in total. The summed E-state index contributed by atoms with van der Waals surface area (Å²) >= 11 is 0. The zero-order valence-corrected chi connectivity index (χ0v) is 13.8. The Morgan fingerprint density at radius 1 is 1.45 bits per heavy atom. The van der Waals surface area contributed by atoms with E-state index in [4.69, 9.17) is 4.74 Å². The van der Waals surface area contributed by atoms with Gasteiger partial charge in [-0.3, -0.25) is 9.69 Å². The van der Waals surface area contributed by atoms with Gasteiger partial charge in [0, 0.05) is 51.9 Å². The number of ether oxygens (including phenoxy) is 1. The summed E-state index contributed by atoms with van der Waals surface area (Å²) < 4.78 is 7.80. The van der Waals surface area contributed by atoms with Crippen molar-refractivity contribution in [2.24, 2.45) is 7.05 Å². The topological polar surface area (TPSA) is 50.6 Å². The zero-order chi connectivity index (χ0) is 15.7. The van der Waals surface area contributed by atoms with E-state index in [2.05, 4.69) is 14.5 Å². The van der Waals surface area contributed by atoms with E-state index in [0.29, 0.717) is 18.6 Å². The highest BCUT2D eigenvalue weighted by atomic mass is 16.5. The van der Waals surface area contributed by atoms with Crippen molar-refractivity contribution in [3.05, 3.63) is 17.7 Å². The van der Waals surface area contributed by atoms with E-state index < -0.39 is 0 Å². The van der Waals surface area contributed by atoms with Gasteiger partial charge in [-0.25, -0.2) is 4.98 Å². The lowest BCUT2D eigenvalue weighted by molar-refractivity contribution is -0.133. The number of likely N-dealkylation sites (N-methyl/N-ethyl adjacent to an activating group) is 1. The number of amides is 1. The minimum atomic E-state index is 0.0110. The second-order valence-electron chi connectivity index (χ2n) is 6.70. The molecule has 1 saturated carbocycles. The number of hydrogen-bond acceptors (Lipinski definition) is 4. The highest BCUT2D eigenvalue weighted by molar-refractivity contribution is 5.76. The Kier molecular flexibility index (Phi) is 4.49. The van der Waals surface area contributed by atoms with E-state index in [-0.39, 0.29) is 12.5 Å². The number of carbonyl (C=O) groups is 1. The molecule has 1 aromatic heterocycles. The van der Waals surface area contributed by atoms with Crippen LogP contribution in [-0.4, -0.2) is 65.2 Å².